The van der Waals surface area contributed by atoms with Gasteiger partial charge in [-0.25, -0.2) is 0 Å². The van der Waals surface area contributed by atoms with Gasteiger partial charge in [0, 0.05) is 12.0 Å². The fourth-order valence-corrected chi connectivity index (χ4v) is 1.17. The van der Waals surface area contributed by atoms with Crippen LogP contribution in [0.1, 0.15) is 12.5 Å². The number of hydrogen-bond acceptors (Lipinski definition) is 1. The maximum Gasteiger partial charge on any atom is 0.0798 e. The first kappa shape index (κ1) is 9.79. The van der Waals surface area contributed by atoms with Gasteiger partial charge in [0.05, 0.1) is 6.10 Å². The first-order valence-electron chi connectivity index (χ1n) is 4.35. The smallest absolute Gasteiger partial charge is 0.0798 e. The van der Waals surface area contributed by atoms with E-state index in [9.17, 15) is 5.11 Å². The van der Waals surface area contributed by atoms with Gasteiger partial charge in [-0.05, 0) is 12.5 Å². The molecule has 1 aromatic rings. The van der Waals surface area contributed by atoms with Gasteiger partial charge in [-0.15, -0.1) is 5.73 Å². The van der Waals surface area contributed by atoms with Crippen LogP contribution in [0.15, 0.2) is 48.2 Å². The van der Waals surface area contributed by atoms with Crippen LogP contribution in [0.3, 0.4) is 0 Å². The van der Waals surface area contributed by atoms with Crippen molar-refractivity contribution in [2.45, 2.75) is 19.4 Å². The van der Waals surface area contributed by atoms with Crippen molar-refractivity contribution in [3.8, 4) is 0 Å². The van der Waals surface area contributed by atoms with E-state index < -0.39 is 6.10 Å². The van der Waals surface area contributed by atoms with E-state index in [-0.39, 0.29) is 0 Å². The predicted molar refractivity (Wildman–Crippen MR) is 54.5 cm³/mol. The average Bonchev–Trinajstić information content (AvgIpc) is 2.15. The van der Waals surface area contributed by atoms with Gasteiger partial charge in [-0.3, -0.25) is 0 Å². The van der Waals surface area contributed by atoms with Crippen LogP contribution >= 0.6 is 0 Å². The molecular weight excluding hydrogens is 160 g/mol. The molecule has 13 heavy (non-hydrogen) atoms. The molecule has 0 saturated heterocycles. The first-order chi connectivity index (χ1) is 6.24. The van der Waals surface area contributed by atoms with E-state index in [1.165, 1.54) is 5.56 Å². The van der Waals surface area contributed by atoms with Gasteiger partial charge in [0.25, 0.3) is 0 Å². The van der Waals surface area contributed by atoms with Crippen molar-refractivity contribution in [2.75, 3.05) is 0 Å². The zero-order valence-electron chi connectivity index (χ0n) is 7.83. The molecule has 0 aromatic heterocycles. The maximum atomic E-state index is 9.33. The highest BCUT2D eigenvalue weighted by Gasteiger charge is 2.04. The van der Waals surface area contributed by atoms with Crippen molar-refractivity contribution in [3.63, 3.8) is 0 Å². The molecule has 0 heterocycles. The Balaban J connectivity index is 2.75. The molecule has 1 aromatic carbocycles. The van der Waals surface area contributed by atoms with Gasteiger partial charge in [0.1, 0.15) is 0 Å². The van der Waals surface area contributed by atoms with Crippen molar-refractivity contribution < 1.29 is 5.11 Å². The van der Waals surface area contributed by atoms with Crippen LogP contribution in [-0.2, 0) is 6.42 Å². The summed E-state index contributed by atoms with van der Waals surface area (Å²) in [5.41, 5.74) is 4.78. The van der Waals surface area contributed by atoms with E-state index >= 15 is 0 Å². The quantitative estimate of drug-likeness (QED) is 0.697. The van der Waals surface area contributed by atoms with Gasteiger partial charge < -0.3 is 5.11 Å². The summed E-state index contributed by atoms with van der Waals surface area (Å²) < 4.78 is 0. The Kier molecular flexibility index (Phi) is 3.51. The summed E-state index contributed by atoms with van der Waals surface area (Å²) in [6.07, 6.45) is 0.264. The van der Waals surface area contributed by atoms with Crippen LogP contribution in [0.4, 0.5) is 0 Å². The molecule has 1 rings (SSSR count). The molecule has 0 aliphatic heterocycles. The summed E-state index contributed by atoms with van der Waals surface area (Å²) in [5, 5.41) is 9.33. The lowest BCUT2D eigenvalue weighted by atomic mass is 10.0. The first-order valence-corrected chi connectivity index (χ1v) is 4.35. The minimum atomic E-state index is -0.460. The van der Waals surface area contributed by atoms with Crippen molar-refractivity contribution in [1.82, 2.24) is 0 Å². The SMILES string of the molecule is C=C=C(Cc1ccccc1)C(C)O. The van der Waals surface area contributed by atoms with Crippen LogP contribution in [-0.4, -0.2) is 11.2 Å². The standard InChI is InChI=1S/C12H14O/c1-3-12(10(2)13)9-11-7-5-4-6-8-11/h4-8,10,13H,1,9H2,2H3. The molecule has 0 radical (unpaired) electrons. The van der Waals surface area contributed by atoms with Crippen molar-refractivity contribution in [2.24, 2.45) is 0 Å². The Morgan fingerprint density at radius 1 is 1.46 bits per heavy atom. The normalized spacial score (nSPS) is 11.8. The van der Waals surface area contributed by atoms with E-state index in [1.54, 1.807) is 6.92 Å². The van der Waals surface area contributed by atoms with E-state index in [2.05, 4.69) is 12.3 Å². The Morgan fingerprint density at radius 3 is 2.54 bits per heavy atom. The van der Waals surface area contributed by atoms with Crippen molar-refractivity contribution in [3.05, 3.63) is 53.8 Å². The van der Waals surface area contributed by atoms with E-state index in [0.717, 1.165) is 12.0 Å². The fraction of sp³-hybridized carbons (Fsp3) is 0.250. The van der Waals surface area contributed by atoms with Crippen LogP contribution in [0.5, 0.6) is 0 Å². The zero-order valence-corrected chi connectivity index (χ0v) is 7.83. The Morgan fingerprint density at radius 2 is 2.08 bits per heavy atom. The van der Waals surface area contributed by atoms with Crippen LogP contribution < -0.4 is 0 Å². The molecule has 1 nitrogen and oxygen atoms in total. The van der Waals surface area contributed by atoms with Gasteiger partial charge in [0.15, 0.2) is 0 Å². The second-order valence-corrected chi connectivity index (χ2v) is 3.04. The molecule has 68 valence electrons. The maximum absolute atomic E-state index is 9.33. The molecule has 0 aliphatic carbocycles. The Hall–Kier alpha value is -1.30. The summed E-state index contributed by atoms with van der Waals surface area (Å²) in [4.78, 5) is 0. The lowest BCUT2D eigenvalue weighted by molar-refractivity contribution is 0.229. The summed E-state index contributed by atoms with van der Waals surface area (Å²) in [6.45, 7) is 5.29. The van der Waals surface area contributed by atoms with Gasteiger partial charge in [-0.1, -0.05) is 36.9 Å². The molecule has 0 spiro atoms. The molecule has 0 bridgehead atoms. The monoisotopic (exact) mass is 174 g/mol. The highest BCUT2D eigenvalue weighted by molar-refractivity contribution is 5.22. The number of hydrogen-bond donors (Lipinski definition) is 1. The highest BCUT2D eigenvalue weighted by Crippen LogP contribution is 2.09. The summed E-state index contributed by atoms with van der Waals surface area (Å²) >= 11 is 0. The second kappa shape index (κ2) is 4.66. The van der Waals surface area contributed by atoms with Crippen LogP contribution in [0, 0.1) is 0 Å². The van der Waals surface area contributed by atoms with Crippen LogP contribution in [0.2, 0.25) is 0 Å². The largest absolute Gasteiger partial charge is 0.388 e. The lowest BCUT2D eigenvalue weighted by Crippen LogP contribution is -2.06. The molecule has 0 saturated carbocycles. The molecule has 1 heteroatoms. The second-order valence-electron chi connectivity index (χ2n) is 3.04. The minimum absolute atomic E-state index is 0.460. The van der Waals surface area contributed by atoms with Crippen LogP contribution in [0.25, 0.3) is 0 Å². The topological polar surface area (TPSA) is 20.2 Å². The van der Waals surface area contributed by atoms with E-state index in [1.807, 2.05) is 30.3 Å². The third kappa shape index (κ3) is 2.90. The fourth-order valence-electron chi connectivity index (χ4n) is 1.17. The van der Waals surface area contributed by atoms with E-state index in [4.69, 9.17) is 0 Å². The van der Waals surface area contributed by atoms with Crippen molar-refractivity contribution >= 4 is 0 Å². The molecule has 1 atom stereocenters. The summed E-state index contributed by atoms with van der Waals surface area (Å²) in [5.74, 6) is 0. The third-order valence-corrected chi connectivity index (χ3v) is 1.97. The molecule has 0 fully saturated rings. The zero-order chi connectivity index (χ0) is 9.68. The molecule has 1 unspecified atom stereocenters. The third-order valence-electron chi connectivity index (χ3n) is 1.97. The molecule has 1 N–H and O–H groups in total. The Bertz CT molecular complexity index is 305. The summed E-state index contributed by atoms with van der Waals surface area (Å²) in [7, 11) is 0. The lowest BCUT2D eigenvalue weighted by Gasteiger charge is -2.07. The van der Waals surface area contributed by atoms with Crippen molar-refractivity contribution in [1.29, 1.82) is 0 Å². The number of rotatable bonds is 3. The summed E-state index contributed by atoms with van der Waals surface area (Å²) in [6, 6.07) is 10.00. The number of benzene rings is 1. The number of aliphatic hydroxyl groups excluding tert-OH is 1. The molecule has 0 aliphatic rings. The molecular formula is C12H14O. The molecule has 0 amide bonds. The van der Waals surface area contributed by atoms with Gasteiger partial charge in [-0.2, -0.15) is 0 Å². The predicted octanol–water partition coefficient (Wildman–Crippen LogP) is 2.32. The Labute approximate surface area is 79.0 Å². The number of aliphatic hydroxyl groups is 1. The van der Waals surface area contributed by atoms with Gasteiger partial charge >= 0.3 is 0 Å². The van der Waals surface area contributed by atoms with E-state index in [0.29, 0.717) is 0 Å². The minimum Gasteiger partial charge on any atom is -0.388 e. The average molecular weight is 174 g/mol. The van der Waals surface area contributed by atoms with Gasteiger partial charge in [0.2, 0.25) is 0 Å². The highest BCUT2D eigenvalue weighted by atomic mass is 16.3.